The second-order valence-electron chi connectivity index (χ2n) is 3.48. The molecule has 3 rings (SSSR count). The summed E-state index contributed by atoms with van der Waals surface area (Å²) in [6.07, 6.45) is 1.86. The Kier molecular flexibility index (Phi) is 2.45. The zero-order valence-corrected chi connectivity index (χ0v) is 10.5. The van der Waals surface area contributed by atoms with Crippen molar-refractivity contribution >= 4 is 44.8 Å². The number of hydrogen-bond acceptors (Lipinski definition) is 5. The van der Waals surface area contributed by atoms with Crippen molar-refractivity contribution in [1.82, 2.24) is 19.7 Å². The van der Waals surface area contributed by atoms with E-state index in [0.29, 0.717) is 5.82 Å². The predicted octanol–water partition coefficient (Wildman–Crippen LogP) is 2.82. The molecular formula is C10H8ClN5S. The molecule has 0 aliphatic heterocycles. The maximum atomic E-state index is 5.87. The van der Waals surface area contributed by atoms with E-state index in [0.717, 1.165) is 16.0 Å². The quantitative estimate of drug-likeness (QED) is 0.724. The zero-order chi connectivity index (χ0) is 11.8. The van der Waals surface area contributed by atoms with Crippen molar-refractivity contribution in [3.8, 4) is 0 Å². The maximum absolute atomic E-state index is 5.87. The molecule has 0 radical (unpaired) electrons. The van der Waals surface area contributed by atoms with Crippen molar-refractivity contribution in [1.29, 1.82) is 0 Å². The number of nitrogens with zero attached hydrogens (tertiary/aromatic N) is 4. The second-order valence-corrected chi connectivity index (χ2v) is 4.71. The number of hydrogen-bond donors (Lipinski definition) is 1. The average Bonchev–Trinajstić information content (AvgIpc) is 2.87. The number of anilines is 2. The first kappa shape index (κ1) is 10.5. The van der Waals surface area contributed by atoms with E-state index < -0.39 is 0 Å². The summed E-state index contributed by atoms with van der Waals surface area (Å²) in [6, 6.07) is 3.83. The van der Waals surface area contributed by atoms with Crippen LogP contribution >= 0.6 is 22.9 Å². The largest absolute Gasteiger partial charge is 0.323 e. The normalized spacial score (nSPS) is 10.9. The summed E-state index contributed by atoms with van der Waals surface area (Å²) in [5.41, 5.74) is 0. The third-order valence-corrected chi connectivity index (χ3v) is 3.23. The van der Waals surface area contributed by atoms with Gasteiger partial charge in [-0.25, -0.2) is 4.98 Å². The lowest BCUT2D eigenvalue weighted by atomic mass is 10.4. The molecule has 0 atom stereocenters. The fourth-order valence-corrected chi connectivity index (χ4v) is 2.51. The molecule has 0 fully saturated rings. The summed E-state index contributed by atoms with van der Waals surface area (Å²) in [5.74, 6) is 1.41. The Hall–Kier alpha value is -1.66. The number of halogens is 1. The van der Waals surface area contributed by atoms with Crippen LogP contribution in [0.15, 0.2) is 23.7 Å². The first-order valence-electron chi connectivity index (χ1n) is 4.90. The first-order valence-corrected chi connectivity index (χ1v) is 6.15. The Bertz CT molecular complexity index is 674. The molecule has 7 heteroatoms. The van der Waals surface area contributed by atoms with Crippen LogP contribution < -0.4 is 5.32 Å². The molecule has 0 bridgehead atoms. The van der Waals surface area contributed by atoms with Gasteiger partial charge in [-0.2, -0.15) is 10.1 Å². The predicted molar refractivity (Wildman–Crippen MR) is 68.9 cm³/mol. The van der Waals surface area contributed by atoms with E-state index in [-0.39, 0.29) is 5.28 Å². The van der Waals surface area contributed by atoms with Gasteiger partial charge >= 0.3 is 0 Å². The molecule has 3 aromatic heterocycles. The van der Waals surface area contributed by atoms with Crippen molar-refractivity contribution < 1.29 is 0 Å². The standard InChI is InChI=1S/C10H8ClN5S/c1-16-4-2-7(15-16)12-8-6-3-5-17-9(6)14-10(11)13-8/h2-5H,1H3,(H,12,13,14,15). The van der Waals surface area contributed by atoms with Gasteiger partial charge in [0.1, 0.15) is 10.6 Å². The Morgan fingerprint density at radius 2 is 2.24 bits per heavy atom. The number of thiophene rings is 1. The van der Waals surface area contributed by atoms with E-state index in [1.807, 2.05) is 30.8 Å². The molecule has 0 saturated carbocycles. The zero-order valence-electron chi connectivity index (χ0n) is 8.88. The first-order chi connectivity index (χ1) is 8.22. The number of aryl methyl sites for hydroxylation is 1. The topological polar surface area (TPSA) is 55.6 Å². The molecule has 0 aliphatic rings. The van der Waals surface area contributed by atoms with Gasteiger partial charge in [0.25, 0.3) is 0 Å². The van der Waals surface area contributed by atoms with Crippen LogP contribution in [-0.2, 0) is 7.05 Å². The molecule has 0 aliphatic carbocycles. The van der Waals surface area contributed by atoms with Crippen molar-refractivity contribution in [3.05, 3.63) is 29.0 Å². The molecule has 17 heavy (non-hydrogen) atoms. The van der Waals surface area contributed by atoms with Gasteiger partial charge in [-0.15, -0.1) is 11.3 Å². The summed E-state index contributed by atoms with van der Waals surface area (Å²) < 4.78 is 1.72. The van der Waals surface area contributed by atoms with Crippen LogP contribution in [0.4, 0.5) is 11.6 Å². The van der Waals surface area contributed by atoms with Gasteiger partial charge in [0, 0.05) is 19.3 Å². The molecule has 5 nitrogen and oxygen atoms in total. The van der Waals surface area contributed by atoms with Crippen LogP contribution in [-0.4, -0.2) is 19.7 Å². The van der Waals surface area contributed by atoms with Crippen molar-refractivity contribution in [2.75, 3.05) is 5.32 Å². The van der Waals surface area contributed by atoms with Crippen molar-refractivity contribution in [2.45, 2.75) is 0 Å². The molecule has 0 spiro atoms. The van der Waals surface area contributed by atoms with Crippen LogP contribution in [0.2, 0.25) is 5.28 Å². The van der Waals surface area contributed by atoms with Crippen molar-refractivity contribution in [2.24, 2.45) is 7.05 Å². The Balaban J connectivity index is 2.07. The van der Waals surface area contributed by atoms with Gasteiger partial charge in [0.2, 0.25) is 5.28 Å². The summed E-state index contributed by atoms with van der Waals surface area (Å²) in [5, 5.41) is 10.5. The lowest BCUT2D eigenvalue weighted by molar-refractivity contribution is 0.771. The molecule has 3 heterocycles. The Labute approximate surface area is 106 Å². The molecule has 0 aromatic carbocycles. The summed E-state index contributed by atoms with van der Waals surface area (Å²) in [7, 11) is 1.86. The van der Waals surface area contributed by atoms with Gasteiger partial charge in [-0.3, -0.25) is 4.68 Å². The number of rotatable bonds is 2. The van der Waals surface area contributed by atoms with Gasteiger partial charge in [-0.1, -0.05) is 0 Å². The van der Waals surface area contributed by atoms with Crippen LogP contribution in [0, 0.1) is 0 Å². The van der Waals surface area contributed by atoms with Crippen LogP contribution in [0.5, 0.6) is 0 Å². The highest BCUT2D eigenvalue weighted by molar-refractivity contribution is 7.16. The third-order valence-electron chi connectivity index (χ3n) is 2.26. The van der Waals surface area contributed by atoms with Gasteiger partial charge in [0.15, 0.2) is 5.82 Å². The van der Waals surface area contributed by atoms with E-state index in [1.54, 1.807) is 4.68 Å². The van der Waals surface area contributed by atoms with Crippen LogP contribution in [0.25, 0.3) is 10.2 Å². The highest BCUT2D eigenvalue weighted by Crippen LogP contribution is 2.27. The van der Waals surface area contributed by atoms with Gasteiger partial charge in [-0.05, 0) is 23.0 Å². The molecule has 3 aromatic rings. The molecule has 1 N–H and O–H groups in total. The highest BCUT2D eigenvalue weighted by Gasteiger charge is 2.08. The van der Waals surface area contributed by atoms with Crippen molar-refractivity contribution in [3.63, 3.8) is 0 Å². The SMILES string of the molecule is Cn1ccc(Nc2nc(Cl)nc3sccc23)n1. The molecule has 0 saturated heterocycles. The average molecular weight is 266 g/mol. The lowest BCUT2D eigenvalue weighted by Crippen LogP contribution is -1.97. The fraction of sp³-hybridized carbons (Fsp3) is 0.100. The van der Waals surface area contributed by atoms with E-state index in [1.165, 1.54) is 11.3 Å². The Morgan fingerprint density at radius 3 is 3.00 bits per heavy atom. The molecular weight excluding hydrogens is 258 g/mol. The van der Waals surface area contributed by atoms with Crippen LogP contribution in [0.3, 0.4) is 0 Å². The van der Waals surface area contributed by atoms with E-state index >= 15 is 0 Å². The van der Waals surface area contributed by atoms with Crippen LogP contribution in [0.1, 0.15) is 0 Å². The highest BCUT2D eigenvalue weighted by atomic mass is 35.5. The van der Waals surface area contributed by atoms with Gasteiger partial charge in [0.05, 0.1) is 5.39 Å². The summed E-state index contributed by atoms with van der Waals surface area (Å²) in [4.78, 5) is 9.19. The minimum atomic E-state index is 0.235. The summed E-state index contributed by atoms with van der Waals surface area (Å²) >= 11 is 7.40. The monoisotopic (exact) mass is 265 g/mol. The molecule has 86 valence electrons. The number of nitrogens with one attached hydrogen (secondary N) is 1. The lowest BCUT2D eigenvalue weighted by Gasteiger charge is -2.03. The molecule has 0 unspecified atom stereocenters. The number of aromatic nitrogens is 4. The van der Waals surface area contributed by atoms with E-state index in [2.05, 4.69) is 20.4 Å². The smallest absolute Gasteiger partial charge is 0.225 e. The number of fused-ring (bicyclic) bond motifs is 1. The van der Waals surface area contributed by atoms with E-state index in [4.69, 9.17) is 11.6 Å². The van der Waals surface area contributed by atoms with Gasteiger partial charge < -0.3 is 5.32 Å². The minimum absolute atomic E-state index is 0.235. The summed E-state index contributed by atoms with van der Waals surface area (Å²) in [6.45, 7) is 0. The minimum Gasteiger partial charge on any atom is -0.323 e. The second kappa shape index (κ2) is 3.97. The maximum Gasteiger partial charge on any atom is 0.225 e. The fourth-order valence-electron chi connectivity index (χ4n) is 1.53. The molecule has 0 amide bonds. The Morgan fingerprint density at radius 1 is 1.35 bits per heavy atom. The van der Waals surface area contributed by atoms with E-state index in [9.17, 15) is 0 Å². The third kappa shape index (κ3) is 1.96.